The second kappa shape index (κ2) is 4.13. The Hall–Kier alpha value is -1.28. The first-order valence-electron chi connectivity index (χ1n) is 6.29. The minimum atomic E-state index is -0.407. The second-order valence-electron chi connectivity index (χ2n) is 5.20. The number of carbonyl (C=O) groups excluding carboxylic acids is 1. The van der Waals surface area contributed by atoms with Crippen LogP contribution in [-0.2, 0) is 15.1 Å². The minimum Gasteiger partial charge on any atom is -0.486 e. The molecule has 1 aliphatic heterocycles. The van der Waals surface area contributed by atoms with E-state index in [9.17, 15) is 4.79 Å². The summed E-state index contributed by atoms with van der Waals surface area (Å²) in [7, 11) is 0. The molecule has 2 nitrogen and oxygen atoms in total. The fraction of sp³-hybridized carbons (Fsp3) is 0.400. The molecule has 3 heteroatoms. The van der Waals surface area contributed by atoms with Crippen LogP contribution in [0.4, 0.5) is 0 Å². The highest BCUT2D eigenvalue weighted by Gasteiger charge is 2.41. The topological polar surface area (TPSA) is 26.3 Å². The number of hydrogen-bond acceptors (Lipinski definition) is 2. The van der Waals surface area contributed by atoms with Gasteiger partial charge in [0.25, 0.3) is 0 Å². The van der Waals surface area contributed by atoms with Crippen molar-refractivity contribution in [2.24, 2.45) is 0 Å². The molecule has 1 atom stereocenters. The number of Topliss-reactive ketones (excluding diaryl/α,β-unsaturated/α-hetero) is 1. The maximum absolute atomic E-state index is 11.9. The van der Waals surface area contributed by atoms with Gasteiger partial charge >= 0.3 is 0 Å². The molecule has 0 N–H and O–H groups in total. The van der Waals surface area contributed by atoms with Crippen molar-refractivity contribution in [2.45, 2.75) is 38.2 Å². The molecular weight excluding hydrogens is 248 g/mol. The zero-order valence-corrected chi connectivity index (χ0v) is 11.1. The van der Waals surface area contributed by atoms with Gasteiger partial charge in [0.1, 0.15) is 11.4 Å². The van der Waals surface area contributed by atoms with Crippen molar-refractivity contribution in [2.75, 3.05) is 0 Å². The maximum Gasteiger partial charge on any atom is 0.162 e. The zero-order chi connectivity index (χ0) is 12.8. The van der Waals surface area contributed by atoms with Crippen LogP contribution in [-0.4, -0.2) is 5.78 Å². The monoisotopic (exact) mass is 262 g/mol. The Labute approximate surface area is 112 Å². The lowest BCUT2D eigenvalue weighted by Crippen LogP contribution is -2.21. The van der Waals surface area contributed by atoms with Gasteiger partial charge in [-0.15, -0.1) is 0 Å². The summed E-state index contributed by atoms with van der Waals surface area (Å²) in [5.74, 6) is 1.16. The molecule has 0 fully saturated rings. The molecule has 0 aromatic heterocycles. The fourth-order valence-electron chi connectivity index (χ4n) is 2.79. The molecule has 0 radical (unpaired) electrons. The van der Waals surface area contributed by atoms with Gasteiger partial charge in [-0.2, -0.15) is 0 Å². The molecule has 1 aliphatic carbocycles. The van der Waals surface area contributed by atoms with Gasteiger partial charge in [-0.1, -0.05) is 23.7 Å². The predicted molar refractivity (Wildman–Crippen MR) is 70.4 cm³/mol. The van der Waals surface area contributed by atoms with E-state index >= 15 is 0 Å². The summed E-state index contributed by atoms with van der Waals surface area (Å²) in [6.45, 7) is 2.04. The van der Waals surface area contributed by atoms with E-state index in [0.717, 1.165) is 29.7 Å². The van der Waals surface area contributed by atoms with Crippen LogP contribution in [0.25, 0.3) is 0 Å². The molecule has 0 saturated heterocycles. The Kier molecular flexibility index (Phi) is 2.70. The average Bonchev–Trinajstić information content (AvgIpc) is 2.69. The highest BCUT2D eigenvalue weighted by Crippen LogP contribution is 2.45. The van der Waals surface area contributed by atoms with Crippen LogP contribution >= 0.6 is 11.6 Å². The van der Waals surface area contributed by atoms with Gasteiger partial charge in [-0.25, -0.2) is 0 Å². The first-order valence-corrected chi connectivity index (χ1v) is 6.66. The Morgan fingerprint density at radius 2 is 1.94 bits per heavy atom. The molecule has 0 spiro atoms. The molecule has 1 aromatic rings. The number of rotatable bonds is 1. The number of allylic oxidation sites excluding steroid dienone is 1. The number of carbonyl (C=O) groups is 1. The van der Waals surface area contributed by atoms with Crippen LogP contribution in [0.1, 0.15) is 38.2 Å². The van der Waals surface area contributed by atoms with E-state index in [0.29, 0.717) is 17.9 Å². The molecule has 0 saturated carbocycles. The highest BCUT2D eigenvalue weighted by molar-refractivity contribution is 6.30. The SMILES string of the molecule is CC1(c2ccc(Cl)cc2)CC2=C(CCCC2=O)O1. The molecule has 0 bridgehead atoms. The summed E-state index contributed by atoms with van der Waals surface area (Å²) >= 11 is 5.90. The van der Waals surface area contributed by atoms with E-state index < -0.39 is 5.60 Å². The summed E-state index contributed by atoms with van der Waals surface area (Å²) in [6, 6.07) is 7.69. The van der Waals surface area contributed by atoms with Crippen LogP contribution in [0.2, 0.25) is 5.02 Å². The standard InChI is InChI=1S/C15H15ClO2/c1-15(10-5-7-11(16)8-6-10)9-12-13(17)3-2-4-14(12)18-15/h5-8H,2-4,9H2,1H3. The Balaban J connectivity index is 1.91. The van der Waals surface area contributed by atoms with Gasteiger partial charge in [0.15, 0.2) is 5.78 Å². The molecule has 1 aromatic carbocycles. The Morgan fingerprint density at radius 3 is 2.61 bits per heavy atom. The van der Waals surface area contributed by atoms with Crippen LogP contribution in [0, 0.1) is 0 Å². The van der Waals surface area contributed by atoms with Crippen LogP contribution in [0.3, 0.4) is 0 Å². The molecule has 94 valence electrons. The lowest BCUT2D eigenvalue weighted by atomic mass is 9.87. The number of ketones is 1. The van der Waals surface area contributed by atoms with Crippen molar-refractivity contribution in [1.82, 2.24) is 0 Å². The quantitative estimate of drug-likeness (QED) is 0.765. The van der Waals surface area contributed by atoms with Crippen LogP contribution in [0.15, 0.2) is 35.6 Å². The van der Waals surface area contributed by atoms with Crippen molar-refractivity contribution >= 4 is 17.4 Å². The van der Waals surface area contributed by atoms with Crippen molar-refractivity contribution in [3.8, 4) is 0 Å². The molecule has 18 heavy (non-hydrogen) atoms. The largest absolute Gasteiger partial charge is 0.486 e. The number of hydrogen-bond donors (Lipinski definition) is 0. The molecule has 1 unspecified atom stereocenters. The summed E-state index contributed by atoms with van der Waals surface area (Å²) < 4.78 is 6.06. The second-order valence-corrected chi connectivity index (χ2v) is 5.63. The molecule has 3 rings (SSSR count). The lowest BCUT2D eigenvalue weighted by molar-refractivity contribution is -0.116. The molecule has 0 amide bonds. The molecule has 1 heterocycles. The van der Waals surface area contributed by atoms with Gasteiger partial charge < -0.3 is 4.74 Å². The Bertz CT molecular complexity index is 530. The first kappa shape index (κ1) is 11.8. The van der Waals surface area contributed by atoms with Crippen LogP contribution < -0.4 is 0 Å². The average molecular weight is 263 g/mol. The van der Waals surface area contributed by atoms with E-state index in [4.69, 9.17) is 16.3 Å². The highest BCUT2D eigenvalue weighted by atomic mass is 35.5. The van der Waals surface area contributed by atoms with E-state index in [1.807, 2.05) is 31.2 Å². The zero-order valence-electron chi connectivity index (χ0n) is 10.3. The summed E-state index contributed by atoms with van der Waals surface area (Å²) in [5, 5.41) is 0.717. The third kappa shape index (κ3) is 1.85. The predicted octanol–water partition coefficient (Wildman–Crippen LogP) is 3.98. The van der Waals surface area contributed by atoms with Crippen molar-refractivity contribution < 1.29 is 9.53 Å². The third-order valence-electron chi connectivity index (χ3n) is 3.80. The van der Waals surface area contributed by atoms with Crippen molar-refractivity contribution in [3.05, 3.63) is 46.2 Å². The number of halogens is 1. The van der Waals surface area contributed by atoms with Crippen molar-refractivity contribution in [3.63, 3.8) is 0 Å². The van der Waals surface area contributed by atoms with E-state index in [2.05, 4.69) is 0 Å². The molecular formula is C15H15ClO2. The van der Waals surface area contributed by atoms with Gasteiger partial charge in [0.05, 0.1) is 0 Å². The summed E-state index contributed by atoms with van der Waals surface area (Å²) in [6.07, 6.45) is 3.15. The smallest absolute Gasteiger partial charge is 0.162 e. The fourth-order valence-corrected chi connectivity index (χ4v) is 2.91. The third-order valence-corrected chi connectivity index (χ3v) is 4.05. The van der Waals surface area contributed by atoms with Gasteiger partial charge in [-0.05, 0) is 31.0 Å². The van der Waals surface area contributed by atoms with E-state index in [1.54, 1.807) is 0 Å². The summed E-state index contributed by atoms with van der Waals surface area (Å²) in [4.78, 5) is 11.9. The van der Waals surface area contributed by atoms with E-state index in [-0.39, 0.29) is 5.78 Å². The minimum absolute atomic E-state index is 0.258. The molecule has 2 aliphatic rings. The van der Waals surface area contributed by atoms with Crippen LogP contribution in [0.5, 0.6) is 0 Å². The van der Waals surface area contributed by atoms with Gasteiger partial charge in [0, 0.05) is 29.9 Å². The van der Waals surface area contributed by atoms with Crippen molar-refractivity contribution in [1.29, 1.82) is 0 Å². The van der Waals surface area contributed by atoms with Gasteiger partial charge in [0.2, 0.25) is 0 Å². The van der Waals surface area contributed by atoms with E-state index in [1.165, 1.54) is 0 Å². The maximum atomic E-state index is 11.9. The summed E-state index contributed by atoms with van der Waals surface area (Å²) in [5.41, 5.74) is 1.57. The lowest BCUT2D eigenvalue weighted by Gasteiger charge is -2.26. The van der Waals surface area contributed by atoms with Gasteiger partial charge in [-0.3, -0.25) is 4.79 Å². The first-order chi connectivity index (χ1) is 8.58. The number of ether oxygens (including phenoxy) is 1. The number of benzene rings is 1. The Morgan fingerprint density at radius 1 is 1.22 bits per heavy atom. The normalized spacial score (nSPS) is 27.1.